The summed E-state index contributed by atoms with van der Waals surface area (Å²) in [4.78, 5) is 0. The van der Waals surface area contributed by atoms with Crippen LogP contribution in [0, 0.1) is 6.92 Å². The maximum absolute atomic E-state index is 5.93. The summed E-state index contributed by atoms with van der Waals surface area (Å²) in [5.41, 5.74) is 9.53. The second-order valence-corrected chi connectivity index (χ2v) is 5.51. The van der Waals surface area contributed by atoms with Gasteiger partial charge in [0.2, 0.25) is 0 Å². The Balaban J connectivity index is 3.16. The maximum atomic E-state index is 5.93. The van der Waals surface area contributed by atoms with Crippen molar-refractivity contribution in [1.29, 1.82) is 0 Å². The third-order valence-corrected chi connectivity index (χ3v) is 3.68. The summed E-state index contributed by atoms with van der Waals surface area (Å²) in [5.74, 6) is 1.93. The first-order valence-electron chi connectivity index (χ1n) is 7.54. The molecule has 0 aromatic heterocycles. The number of rotatable bonds is 8. The quantitative estimate of drug-likeness (QED) is 0.739. The predicted molar refractivity (Wildman–Crippen MR) is 84.9 cm³/mol. The average molecular weight is 279 g/mol. The molecule has 0 heterocycles. The Bertz CT molecular complexity index is 427. The number of hydrogen-bond donors (Lipinski definition) is 1. The molecule has 1 aromatic carbocycles. The lowest BCUT2D eigenvalue weighted by atomic mass is 9.95. The molecule has 0 saturated heterocycles. The van der Waals surface area contributed by atoms with Gasteiger partial charge in [0.25, 0.3) is 0 Å². The Morgan fingerprint density at radius 3 is 2.40 bits per heavy atom. The molecular formula is C17H29NO2. The summed E-state index contributed by atoms with van der Waals surface area (Å²) in [5, 5.41) is 0. The summed E-state index contributed by atoms with van der Waals surface area (Å²) < 4.78 is 11.2. The van der Waals surface area contributed by atoms with Crippen molar-refractivity contribution >= 4 is 0 Å². The minimum Gasteiger partial charge on any atom is -0.496 e. The molecule has 0 spiro atoms. The Hall–Kier alpha value is -1.22. The molecule has 0 amide bonds. The Labute approximate surface area is 123 Å². The Kier molecular flexibility index (Phi) is 6.86. The van der Waals surface area contributed by atoms with Crippen LogP contribution in [0.15, 0.2) is 6.07 Å². The summed E-state index contributed by atoms with van der Waals surface area (Å²) in [6.07, 6.45) is 5.49. The van der Waals surface area contributed by atoms with Crippen molar-refractivity contribution in [1.82, 2.24) is 0 Å². The number of ether oxygens (including phenoxy) is 2. The van der Waals surface area contributed by atoms with E-state index >= 15 is 0 Å². The molecule has 1 unspecified atom stereocenters. The summed E-state index contributed by atoms with van der Waals surface area (Å²) >= 11 is 0. The molecule has 0 radical (unpaired) electrons. The van der Waals surface area contributed by atoms with E-state index < -0.39 is 0 Å². The molecule has 1 aromatic rings. The monoisotopic (exact) mass is 279 g/mol. The highest BCUT2D eigenvalue weighted by atomic mass is 16.5. The number of methoxy groups -OCH3 is 2. The third kappa shape index (κ3) is 4.14. The first-order valence-corrected chi connectivity index (χ1v) is 7.54. The van der Waals surface area contributed by atoms with Crippen LogP contribution in [-0.2, 0) is 12.8 Å². The number of unbranched alkanes of at least 4 members (excludes halogenated alkanes) is 2. The second kappa shape index (κ2) is 8.15. The van der Waals surface area contributed by atoms with Crippen LogP contribution in [0.2, 0.25) is 0 Å². The van der Waals surface area contributed by atoms with Crippen LogP contribution >= 0.6 is 0 Å². The highest BCUT2D eigenvalue weighted by Crippen LogP contribution is 2.35. The van der Waals surface area contributed by atoms with Crippen LogP contribution in [0.1, 0.15) is 49.8 Å². The Morgan fingerprint density at radius 1 is 1.20 bits per heavy atom. The largest absolute Gasteiger partial charge is 0.496 e. The van der Waals surface area contributed by atoms with E-state index in [4.69, 9.17) is 15.2 Å². The van der Waals surface area contributed by atoms with Gasteiger partial charge in [0.15, 0.2) is 0 Å². The van der Waals surface area contributed by atoms with E-state index in [1.165, 1.54) is 30.4 Å². The van der Waals surface area contributed by atoms with Crippen LogP contribution in [0.5, 0.6) is 11.5 Å². The van der Waals surface area contributed by atoms with Crippen molar-refractivity contribution < 1.29 is 9.47 Å². The highest BCUT2D eigenvalue weighted by molar-refractivity contribution is 5.53. The minimum absolute atomic E-state index is 0.110. The first kappa shape index (κ1) is 16.8. The maximum Gasteiger partial charge on any atom is 0.125 e. The molecule has 0 fully saturated rings. The van der Waals surface area contributed by atoms with Crippen LogP contribution < -0.4 is 15.2 Å². The molecular weight excluding hydrogens is 250 g/mol. The van der Waals surface area contributed by atoms with E-state index in [2.05, 4.69) is 19.9 Å². The highest BCUT2D eigenvalue weighted by Gasteiger charge is 2.17. The Morgan fingerprint density at radius 2 is 1.90 bits per heavy atom. The minimum atomic E-state index is 0.110. The smallest absolute Gasteiger partial charge is 0.125 e. The van der Waals surface area contributed by atoms with Gasteiger partial charge in [0, 0.05) is 11.6 Å². The van der Waals surface area contributed by atoms with Crippen molar-refractivity contribution in [3.8, 4) is 11.5 Å². The van der Waals surface area contributed by atoms with Crippen LogP contribution in [0.4, 0.5) is 0 Å². The SMILES string of the molecule is CCCCCc1c(OC)cc(CC(C)N)c(OC)c1C. The van der Waals surface area contributed by atoms with Gasteiger partial charge in [-0.3, -0.25) is 0 Å². The molecule has 0 bridgehead atoms. The van der Waals surface area contributed by atoms with Crippen molar-refractivity contribution in [3.05, 3.63) is 22.8 Å². The van der Waals surface area contributed by atoms with E-state index in [-0.39, 0.29) is 6.04 Å². The standard InChI is InChI=1S/C17H29NO2/c1-6-7-8-9-15-13(3)17(20-5)14(10-12(2)18)11-16(15)19-4/h11-12H,6-10,18H2,1-5H3. The van der Waals surface area contributed by atoms with E-state index in [1.54, 1.807) is 14.2 Å². The van der Waals surface area contributed by atoms with Crippen molar-refractivity contribution in [2.75, 3.05) is 14.2 Å². The zero-order valence-electron chi connectivity index (χ0n) is 13.6. The van der Waals surface area contributed by atoms with Gasteiger partial charge in [-0.15, -0.1) is 0 Å². The third-order valence-electron chi connectivity index (χ3n) is 3.68. The van der Waals surface area contributed by atoms with Gasteiger partial charge in [0.1, 0.15) is 11.5 Å². The van der Waals surface area contributed by atoms with Gasteiger partial charge in [-0.05, 0) is 50.3 Å². The van der Waals surface area contributed by atoms with E-state index in [0.29, 0.717) is 0 Å². The van der Waals surface area contributed by atoms with E-state index in [9.17, 15) is 0 Å². The molecule has 20 heavy (non-hydrogen) atoms. The zero-order valence-corrected chi connectivity index (χ0v) is 13.6. The molecule has 1 rings (SSSR count). The van der Waals surface area contributed by atoms with Crippen LogP contribution in [0.3, 0.4) is 0 Å². The van der Waals surface area contributed by atoms with Gasteiger partial charge in [-0.25, -0.2) is 0 Å². The second-order valence-electron chi connectivity index (χ2n) is 5.51. The lowest BCUT2D eigenvalue weighted by molar-refractivity contribution is 0.390. The first-order chi connectivity index (χ1) is 9.54. The van der Waals surface area contributed by atoms with E-state index in [0.717, 1.165) is 29.9 Å². The lowest BCUT2D eigenvalue weighted by Crippen LogP contribution is -2.18. The fourth-order valence-electron chi connectivity index (χ4n) is 2.70. The van der Waals surface area contributed by atoms with E-state index in [1.807, 2.05) is 6.92 Å². The average Bonchev–Trinajstić information content (AvgIpc) is 2.40. The fraction of sp³-hybridized carbons (Fsp3) is 0.647. The molecule has 114 valence electrons. The van der Waals surface area contributed by atoms with Gasteiger partial charge >= 0.3 is 0 Å². The molecule has 0 saturated carbocycles. The normalized spacial score (nSPS) is 12.3. The molecule has 0 aliphatic heterocycles. The predicted octanol–water partition coefficient (Wildman–Crippen LogP) is 3.63. The van der Waals surface area contributed by atoms with Gasteiger partial charge in [0.05, 0.1) is 14.2 Å². The fourth-order valence-corrected chi connectivity index (χ4v) is 2.70. The molecule has 3 heteroatoms. The van der Waals surface area contributed by atoms with Crippen LogP contribution in [-0.4, -0.2) is 20.3 Å². The van der Waals surface area contributed by atoms with Crippen molar-refractivity contribution in [3.63, 3.8) is 0 Å². The lowest BCUT2D eigenvalue weighted by Gasteiger charge is -2.19. The number of hydrogen-bond acceptors (Lipinski definition) is 3. The molecule has 1 atom stereocenters. The van der Waals surface area contributed by atoms with Gasteiger partial charge < -0.3 is 15.2 Å². The van der Waals surface area contributed by atoms with Gasteiger partial charge in [-0.1, -0.05) is 19.8 Å². The molecule has 0 aliphatic carbocycles. The van der Waals surface area contributed by atoms with Crippen molar-refractivity contribution in [2.24, 2.45) is 5.73 Å². The molecule has 0 aliphatic rings. The van der Waals surface area contributed by atoms with Crippen LogP contribution in [0.25, 0.3) is 0 Å². The van der Waals surface area contributed by atoms with Crippen molar-refractivity contribution in [2.45, 2.75) is 58.9 Å². The van der Waals surface area contributed by atoms with Gasteiger partial charge in [-0.2, -0.15) is 0 Å². The molecule has 3 nitrogen and oxygen atoms in total. The summed E-state index contributed by atoms with van der Waals surface area (Å²) in [6, 6.07) is 2.20. The molecule has 2 N–H and O–H groups in total. The summed E-state index contributed by atoms with van der Waals surface area (Å²) in [6.45, 7) is 6.35. The topological polar surface area (TPSA) is 44.5 Å². The summed E-state index contributed by atoms with van der Waals surface area (Å²) in [7, 11) is 3.47. The number of benzene rings is 1. The zero-order chi connectivity index (χ0) is 15.1. The number of nitrogens with two attached hydrogens (primary N) is 1.